The Hall–Kier alpha value is -2.25. The summed E-state index contributed by atoms with van der Waals surface area (Å²) in [4.78, 5) is 31.9. The first-order valence-corrected chi connectivity index (χ1v) is 11.4. The van der Waals surface area contributed by atoms with Crippen LogP contribution in [0, 0.1) is 5.92 Å². The highest BCUT2D eigenvalue weighted by Crippen LogP contribution is 2.24. The van der Waals surface area contributed by atoms with E-state index in [1.54, 1.807) is 6.20 Å². The molecule has 0 saturated carbocycles. The van der Waals surface area contributed by atoms with Crippen molar-refractivity contribution in [3.8, 4) is 0 Å². The van der Waals surface area contributed by atoms with E-state index in [4.69, 9.17) is 0 Å². The van der Waals surface area contributed by atoms with Crippen LogP contribution in [0.4, 0.5) is 0 Å². The van der Waals surface area contributed by atoms with Gasteiger partial charge in [-0.05, 0) is 63.5 Å². The standard InChI is InChI=1S/C23H33N5O2/c29-22(25-13-11-17-7-2-1-3-8-17)18-9-6-14-28(16-18)23(30)21-15-20(26-27-21)19-10-4-5-12-24-19/h4-5,7,10,12,18,20-21,26-27H,1-3,6,8-9,11,13-16H2,(H,25,29). The molecule has 0 bridgehead atoms. The Kier molecular flexibility index (Phi) is 7.12. The summed E-state index contributed by atoms with van der Waals surface area (Å²) in [5, 5.41) is 3.10. The topological polar surface area (TPSA) is 86.4 Å². The molecular formula is C23H33N5O2. The van der Waals surface area contributed by atoms with Gasteiger partial charge in [0, 0.05) is 25.8 Å². The predicted molar refractivity (Wildman–Crippen MR) is 115 cm³/mol. The first-order valence-electron chi connectivity index (χ1n) is 11.4. The Balaban J connectivity index is 1.24. The molecule has 4 rings (SSSR count). The molecule has 1 aliphatic carbocycles. The van der Waals surface area contributed by atoms with Crippen molar-refractivity contribution in [1.29, 1.82) is 0 Å². The largest absolute Gasteiger partial charge is 0.355 e. The minimum Gasteiger partial charge on any atom is -0.355 e. The van der Waals surface area contributed by atoms with Gasteiger partial charge in [0.2, 0.25) is 11.8 Å². The lowest BCUT2D eigenvalue weighted by Crippen LogP contribution is -2.51. The molecule has 162 valence electrons. The van der Waals surface area contributed by atoms with Crippen molar-refractivity contribution in [2.24, 2.45) is 5.92 Å². The predicted octanol–water partition coefficient (Wildman–Crippen LogP) is 2.23. The van der Waals surface area contributed by atoms with E-state index in [1.807, 2.05) is 23.1 Å². The van der Waals surface area contributed by atoms with Crippen molar-refractivity contribution in [2.45, 2.75) is 63.5 Å². The zero-order valence-corrected chi connectivity index (χ0v) is 17.6. The zero-order valence-electron chi connectivity index (χ0n) is 17.6. The Morgan fingerprint density at radius 3 is 2.93 bits per heavy atom. The zero-order chi connectivity index (χ0) is 20.8. The third kappa shape index (κ3) is 5.26. The van der Waals surface area contributed by atoms with Gasteiger partial charge in [0.15, 0.2) is 0 Å². The summed E-state index contributed by atoms with van der Waals surface area (Å²) in [6.45, 7) is 1.94. The maximum atomic E-state index is 13.0. The Morgan fingerprint density at radius 2 is 2.13 bits per heavy atom. The number of nitrogens with one attached hydrogen (secondary N) is 3. The second-order valence-electron chi connectivity index (χ2n) is 8.66. The van der Waals surface area contributed by atoms with E-state index in [1.165, 1.54) is 31.3 Å². The average molecular weight is 412 g/mol. The molecule has 2 fully saturated rings. The van der Waals surface area contributed by atoms with E-state index in [9.17, 15) is 9.59 Å². The minimum atomic E-state index is -0.281. The maximum Gasteiger partial charge on any atom is 0.241 e. The summed E-state index contributed by atoms with van der Waals surface area (Å²) in [6, 6.07) is 5.56. The molecule has 7 nitrogen and oxygen atoms in total. The quantitative estimate of drug-likeness (QED) is 0.625. The van der Waals surface area contributed by atoms with Gasteiger partial charge in [0.05, 0.1) is 17.7 Å². The van der Waals surface area contributed by atoms with Crippen LogP contribution in [-0.2, 0) is 9.59 Å². The van der Waals surface area contributed by atoms with Gasteiger partial charge in [-0.25, -0.2) is 10.9 Å². The van der Waals surface area contributed by atoms with Crippen molar-refractivity contribution in [3.63, 3.8) is 0 Å². The lowest BCUT2D eigenvalue weighted by Gasteiger charge is -2.33. The molecule has 0 aromatic carbocycles. The van der Waals surface area contributed by atoms with Crippen LogP contribution in [0.2, 0.25) is 0 Å². The molecule has 3 atom stereocenters. The van der Waals surface area contributed by atoms with Gasteiger partial charge in [0.25, 0.3) is 0 Å². The van der Waals surface area contributed by atoms with Gasteiger partial charge in [-0.3, -0.25) is 14.6 Å². The third-order valence-corrected chi connectivity index (χ3v) is 6.48. The summed E-state index contributed by atoms with van der Waals surface area (Å²) in [5.74, 6) is 0.0579. The Bertz CT molecular complexity index is 766. The van der Waals surface area contributed by atoms with E-state index in [0.717, 1.165) is 31.5 Å². The summed E-state index contributed by atoms with van der Waals surface area (Å²) in [7, 11) is 0. The van der Waals surface area contributed by atoms with Crippen LogP contribution in [0.3, 0.4) is 0 Å². The summed E-state index contributed by atoms with van der Waals surface area (Å²) < 4.78 is 0. The minimum absolute atomic E-state index is 0.0260. The van der Waals surface area contributed by atoms with Gasteiger partial charge < -0.3 is 10.2 Å². The fourth-order valence-corrected chi connectivity index (χ4v) is 4.73. The number of hydrazine groups is 1. The second-order valence-corrected chi connectivity index (χ2v) is 8.66. The molecule has 0 spiro atoms. The smallest absolute Gasteiger partial charge is 0.241 e. The van der Waals surface area contributed by atoms with E-state index in [-0.39, 0.29) is 29.8 Å². The van der Waals surface area contributed by atoms with Crippen LogP contribution in [0.5, 0.6) is 0 Å². The normalized spacial score (nSPS) is 26.9. The Labute approximate surface area is 178 Å². The monoisotopic (exact) mass is 411 g/mol. The van der Waals surface area contributed by atoms with Crippen LogP contribution in [0.1, 0.15) is 63.1 Å². The van der Waals surface area contributed by atoms with Crippen molar-refractivity contribution in [2.75, 3.05) is 19.6 Å². The van der Waals surface area contributed by atoms with Crippen molar-refractivity contribution >= 4 is 11.8 Å². The number of allylic oxidation sites excluding steroid dienone is 1. The summed E-state index contributed by atoms with van der Waals surface area (Å²) >= 11 is 0. The molecule has 0 radical (unpaired) electrons. The molecule has 2 aliphatic heterocycles. The molecule has 7 heteroatoms. The number of hydrogen-bond acceptors (Lipinski definition) is 5. The molecule has 2 saturated heterocycles. The number of nitrogens with zero attached hydrogens (tertiary/aromatic N) is 2. The molecule has 3 aliphatic rings. The van der Waals surface area contributed by atoms with Crippen LogP contribution in [-0.4, -0.2) is 47.4 Å². The molecular weight excluding hydrogens is 378 g/mol. The molecule has 1 aromatic heterocycles. The van der Waals surface area contributed by atoms with Crippen LogP contribution >= 0.6 is 0 Å². The van der Waals surface area contributed by atoms with Crippen molar-refractivity contribution < 1.29 is 9.59 Å². The van der Waals surface area contributed by atoms with E-state index in [0.29, 0.717) is 19.5 Å². The molecule has 3 heterocycles. The third-order valence-electron chi connectivity index (χ3n) is 6.48. The number of amides is 2. The highest BCUT2D eigenvalue weighted by Gasteiger charge is 2.36. The first kappa shape index (κ1) is 21.0. The number of aromatic nitrogens is 1. The maximum absolute atomic E-state index is 13.0. The number of pyridine rings is 1. The lowest BCUT2D eigenvalue weighted by atomic mass is 9.95. The summed E-state index contributed by atoms with van der Waals surface area (Å²) in [6.07, 6.45) is 12.3. The number of carbonyl (C=O) groups excluding carboxylic acids is 2. The molecule has 30 heavy (non-hydrogen) atoms. The van der Waals surface area contributed by atoms with E-state index < -0.39 is 0 Å². The number of hydrogen-bond donors (Lipinski definition) is 3. The van der Waals surface area contributed by atoms with Gasteiger partial charge in [0.1, 0.15) is 6.04 Å². The highest BCUT2D eigenvalue weighted by atomic mass is 16.2. The van der Waals surface area contributed by atoms with Crippen LogP contribution < -0.4 is 16.2 Å². The fraction of sp³-hybridized carbons (Fsp3) is 0.609. The SMILES string of the molecule is O=C(NCCC1=CCCCC1)C1CCCN(C(=O)C2CC(c3ccccn3)NN2)C1. The van der Waals surface area contributed by atoms with Crippen molar-refractivity contribution in [1.82, 2.24) is 26.1 Å². The van der Waals surface area contributed by atoms with Gasteiger partial charge >= 0.3 is 0 Å². The average Bonchev–Trinajstić information content (AvgIpc) is 3.30. The number of rotatable bonds is 6. The fourth-order valence-electron chi connectivity index (χ4n) is 4.73. The van der Waals surface area contributed by atoms with Gasteiger partial charge in [-0.1, -0.05) is 17.7 Å². The number of likely N-dealkylation sites (tertiary alicyclic amines) is 1. The molecule has 1 aromatic rings. The van der Waals surface area contributed by atoms with Crippen molar-refractivity contribution in [3.05, 3.63) is 41.7 Å². The van der Waals surface area contributed by atoms with Crippen LogP contribution in [0.25, 0.3) is 0 Å². The van der Waals surface area contributed by atoms with E-state index >= 15 is 0 Å². The Morgan fingerprint density at radius 1 is 1.20 bits per heavy atom. The van der Waals surface area contributed by atoms with Crippen LogP contribution in [0.15, 0.2) is 36.0 Å². The van der Waals surface area contributed by atoms with E-state index in [2.05, 4.69) is 27.2 Å². The van der Waals surface area contributed by atoms with Gasteiger partial charge in [-0.2, -0.15) is 0 Å². The number of piperidine rings is 1. The molecule has 2 amide bonds. The summed E-state index contributed by atoms with van der Waals surface area (Å²) in [5.41, 5.74) is 8.73. The highest BCUT2D eigenvalue weighted by molar-refractivity contribution is 5.84. The lowest BCUT2D eigenvalue weighted by molar-refractivity contribution is -0.137. The van der Waals surface area contributed by atoms with Gasteiger partial charge in [-0.15, -0.1) is 0 Å². The first-order chi connectivity index (χ1) is 14.7. The number of carbonyl (C=O) groups is 2. The molecule has 3 N–H and O–H groups in total. The second kappa shape index (κ2) is 10.2. The molecule has 3 unspecified atom stereocenters.